The maximum Gasteiger partial charge on any atom is 0.251 e. The molecule has 0 aromatic heterocycles. The standard InChI is InChI=1S/C19H38N2O11/c1-19(2,3)21-6-4-5-20-17(30)14(28)13(27)16(9(24)7-22)32-18-15(29)12(26)11(25)10(8-23)31-18/h9-16,18,21-29H,4-8H2,1-3H3,(H,20,30)/t9-,10?,11+,12+,13-,14-,15?,16-,18+/m1/s1. The van der Waals surface area contributed by atoms with Crippen molar-refractivity contribution in [3.63, 3.8) is 0 Å². The summed E-state index contributed by atoms with van der Waals surface area (Å²) in [5.41, 5.74) is -0.102. The predicted octanol–water partition coefficient (Wildman–Crippen LogP) is -4.86. The van der Waals surface area contributed by atoms with Crippen LogP contribution in [-0.4, -0.2) is 134 Å². The highest BCUT2D eigenvalue weighted by atomic mass is 16.7. The van der Waals surface area contributed by atoms with Gasteiger partial charge in [0, 0.05) is 12.1 Å². The van der Waals surface area contributed by atoms with E-state index in [0.29, 0.717) is 13.0 Å². The molecule has 0 spiro atoms. The largest absolute Gasteiger partial charge is 0.394 e. The van der Waals surface area contributed by atoms with E-state index in [4.69, 9.17) is 9.47 Å². The van der Waals surface area contributed by atoms with E-state index in [1.807, 2.05) is 20.8 Å². The Morgan fingerprint density at radius 2 is 1.66 bits per heavy atom. The zero-order valence-corrected chi connectivity index (χ0v) is 18.5. The average molecular weight is 471 g/mol. The van der Waals surface area contributed by atoms with Gasteiger partial charge in [0.2, 0.25) is 0 Å². The first-order valence-corrected chi connectivity index (χ1v) is 10.5. The first-order valence-electron chi connectivity index (χ1n) is 10.5. The van der Waals surface area contributed by atoms with Crippen molar-refractivity contribution in [3.8, 4) is 0 Å². The summed E-state index contributed by atoms with van der Waals surface area (Å²) < 4.78 is 10.4. The van der Waals surface area contributed by atoms with E-state index in [9.17, 15) is 45.6 Å². The average Bonchev–Trinajstić information content (AvgIpc) is 2.74. The fourth-order valence-corrected chi connectivity index (χ4v) is 3.04. The summed E-state index contributed by atoms with van der Waals surface area (Å²) in [5, 5.41) is 84.5. The molecule has 32 heavy (non-hydrogen) atoms. The second-order valence-corrected chi connectivity index (χ2v) is 8.80. The SMILES string of the molecule is CC(C)(C)NCCCNC(=O)[C@H](O)[C@@H](O)[C@H](O[C@@H]1OC(CO)[C@H](O)[C@H](O)C1O)[C@H](O)CO. The Morgan fingerprint density at radius 1 is 1.03 bits per heavy atom. The third-order valence-electron chi connectivity index (χ3n) is 4.94. The highest BCUT2D eigenvalue weighted by Crippen LogP contribution is 2.25. The number of aliphatic hydroxyl groups excluding tert-OH is 8. The van der Waals surface area contributed by atoms with Crippen LogP contribution in [0.25, 0.3) is 0 Å². The molecule has 0 aliphatic carbocycles. The first-order chi connectivity index (χ1) is 14.8. The highest BCUT2D eigenvalue weighted by Gasteiger charge is 2.47. The van der Waals surface area contributed by atoms with Crippen molar-refractivity contribution in [3.05, 3.63) is 0 Å². The van der Waals surface area contributed by atoms with Crippen LogP contribution in [0.5, 0.6) is 0 Å². The molecule has 190 valence electrons. The minimum atomic E-state index is -2.07. The third-order valence-corrected chi connectivity index (χ3v) is 4.94. The minimum Gasteiger partial charge on any atom is -0.394 e. The molecule has 0 radical (unpaired) electrons. The topological polar surface area (TPSA) is 221 Å². The molecule has 0 aromatic rings. The Balaban J connectivity index is 2.74. The number of hydrogen-bond donors (Lipinski definition) is 10. The number of carbonyl (C=O) groups is 1. The maximum absolute atomic E-state index is 12.2. The molecule has 0 aromatic carbocycles. The van der Waals surface area contributed by atoms with Gasteiger partial charge in [-0.3, -0.25) is 4.79 Å². The van der Waals surface area contributed by atoms with Crippen molar-refractivity contribution in [1.29, 1.82) is 0 Å². The molecule has 1 heterocycles. The van der Waals surface area contributed by atoms with Crippen LogP contribution in [0.15, 0.2) is 0 Å². The Kier molecular flexibility index (Phi) is 11.9. The zero-order chi connectivity index (χ0) is 24.6. The molecule has 1 amide bonds. The summed E-state index contributed by atoms with van der Waals surface area (Å²) in [6.07, 6.45) is -15.6. The molecule has 2 unspecified atom stereocenters. The van der Waals surface area contributed by atoms with Gasteiger partial charge in [-0.05, 0) is 33.7 Å². The molecule has 1 saturated heterocycles. The Morgan fingerprint density at radius 3 is 2.19 bits per heavy atom. The number of ether oxygens (including phenoxy) is 2. The normalized spacial score (nSPS) is 30.4. The van der Waals surface area contributed by atoms with Crippen LogP contribution in [0, 0.1) is 0 Å². The lowest BCUT2D eigenvalue weighted by molar-refractivity contribution is -0.326. The highest BCUT2D eigenvalue weighted by molar-refractivity contribution is 5.81. The van der Waals surface area contributed by atoms with E-state index < -0.39 is 74.2 Å². The van der Waals surface area contributed by atoms with Gasteiger partial charge < -0.3 is 61.0 Å². The summed E-state index contributed by atoms with van der Waals surface area (Å²) in [4.78, 5) is 12.2. The van der Waals surface area contributed by atoms with E-state index in [1.54, 1.807) is 0 Å². The number of rotatable bonds is 12. The number of carbonyl (C=O) groups excluding carboxylic acids is 1. The smallest absolute Gasteiger partial charge is 0.251 e. The van der Waals surface area contributed by atoms with Gasteiger partial charge in [0.1, 0.15) is 42.7 Å². The lowest BCUT2D eigenvalue weighted by Gasteiger charge is -2.42. The van der Waals surface area contributed by atoms with Crippen LogP contribution in [0.4, 0.5) is 0 Å². The second kappa shape index (κ2) is 13.1. The summed E-state index contributed by atoms with van der Waals surface area (Å²) in [5.74, 6) is -0.958. The molecular formula is C19H38N2O11. The third kappa shape index (κ3) is 8.43. The molecule has 0 bridgehead atoms. The summed E-state index contributed by atoms with van der Waals surface area (Å²) >= 11 is 0. The molecule has 1 aliphatic rings. The number of aliphatic hydroxyl groups is 8. The van der Waals surface area contributed by atoms with E-state index in [2.05, 4.69) is 10.6 Å². The van der Waals surface area contributed by atoms with Gasteiger partial charge in [0.15, 0.2) is 12.4 Å². The van der Waals surface area contributed by atoms with Crippen LogP contribution in [0.1, 0.15) is 27.2 Å². The van der Waals surface area contributed by atoms with Gasteiger partial charge >= 0.3 is 0 Å². The van der Waals surface area contributed by atoms with Gasteiger partial charge in [-0.1, -0.05) is 0 Å². The van der Waals surface area contributed by atoms with Gasteiger partial charge in [-0.15, -0.1) is 0 Å². The fourth-order valence-electron chi connectivity index (χ4n) is 3.04. The van der Waals surface area contributed by atoms with Crippen LogP contribution < -0.4 is 10.6 Å². The molecule has 1 aliphatic heterocycles. The minimum absolute atomic E-state index is 0.102. The van der Waals surface area contributed by atoms with Crippen molar-refractivity contribution >= 4 is 5.91 Å². The molecule has 13 nitrogen and oxygen atoms in total. The van der Waals surface area contributed by atoms with Crippen LogP contribution in [-0.2, 0) is 14.3 Å². The Hall–Kier alpha value is -0.970. The molecule has 1 fully saturated rings. The first kappa shape index (κ1) is 29.1. The molecule has 1 rings (SSSR count). The molecule has 0 saturated carbocycles. The molecule has 9 atom stereocenters. The number of amides is 1. The summed E-state index contributed by atoms with van der Waals surface area (Å²) in [7, 11) is 0. The lowest BCUT2D eigenvalue weighted by atomic mass is 9.98. The van der Waals surface area contributed by atoms with Crippen molar-refractivity contribution < 1.29 is 55.1 Å². The number of nitrogens with one attached hydrogen (secondary N) is 2. The van der Waals surface area contributed by atoms with E-state index in [-0.39, 0.29) is 12.1 Å². The predicted molar refractivity (Wildman–Crippen MR) is 109 cm³/mol. The van der Waals surface area contributed by atoms with Crippen molar-refractivity contribution in [2.75, 3.05) is 26.3 Å². The zero-order valence-electron chi connectivity index (χ0n) is 18.5. The van der Waals surface area contributed by atoms with Gasteiger partial charge in [-0.25, -0.2) is 0 Å². The van der Waals surface area contributed by atoms with Gasteiger partial charge in [0.25, 0.3) is 5.91 Å². The lowest BCUT2D eigenvalue weighted by Crippen LogP contribution is -2.62. The number of hydrogen-bond acceptors (Lipinski definition) is 12. The van der Waals surface area contributed by atoms with Gasteiger partial charge in [0.05, 0.1) is 13.2 Å². The van der Waals surface area contributed by atoms with Crippen molar-refractivity contribution in [2.45, 2.75) is 87.9 Å². The summed E-state index contributed by atoms with van der Waals surface area (Å²) in [6.45, 7) is 5.04. The van der Waals surface area contributed by atoms with E-state index in [1.165, 1.54) is 0 Å². The van der Waals surface area contributed by atoms with Crippen molar-refractivity contribution in [2.24, 2.45) is 0 Å². The van der Waals surface area contributed by atoms with Crippen LogP contribution >= 0.6 is 0 Å². The van der Waals surface area contributed by atoms with E-state index >= 15 is 0 Å². The fraction of sp³-hybridized carbons (Fsp3) is 0.947. The van der Waals surface area contributed by atoms with Gasteiger partial charge in [-0.2, -0.15) is 0 Å². The van der Waals surface area contributed by atoms with E-state index in [0.717, 1.165) is 0 Å². The maximum atomic E-state index is 12.2. The molecular weight excluding hydrogens is 432 g/mol. The monoisotopic (exact) mass is 470 g/mol. The quantitative estimate of drug-likeness (QED) is 0.121. The molecule has 10 N–H and O–H groups in total. The van der Waals surface area contributed by atoms with Crippen LogP contribution in [0.3, 0.4) is 0 Å². The summed E-state index contributed by atoms with van der Waals surface area (Å²) in [6, 6.07) is 0. The Bertz CT molecular complexity index is 560. The Labute approximate surface area is 186 Å². The van der Waals surface area contributed by atoms with Crippen LogP contribution in [0.2, 0.25) is 0 Å². The second-order valence-electron chi connectivity index (χ2n) is 8.80. The molecule has 13 heteroatoms. The van der Waals surface area contributed by atoms with Crippen molar-refractivity contribution in [1.82, 2.24) is 10.6 Å².